The summed E-state index contributed by atoms with van der Waals surface area (Å²) in [4.78, 5) is 10.9. The molecule has 4 heteroatoms. The molecule has 0 aliphatic carbocycles. The molecule has 1 unspecified atom stereocenters. The van der Waals surface area contributed by atoms with Crippen LogP contribution in [0.3, 0.4) is 0 Å². The van der Waals surface area contributed by atoms with Crippen LogP contribution in [0.2, 0.25) is 5.02 Å². The molecule has 0 saturated heterocycles. The lowest BCUT2D eigenvalue weighted by Gasteiger charge is -2.20. The van der Waals surface area contributed by atoms with E-state index in [0.717, 1.165) is 5.56 Å². The zero-order valence-corrected chi connectivity index (χ0v) is 10.2. The summed E-state index contributed by atoms with van der Waals surface area (Å²) in [6.07, 6.45) is 0.546. The quantitative estimate of drug-likeness (QED) is 0.834. The number of hydrogen-bond donors (Lipinski definition) is 2. The van der Waals surface area contributed by atoms with Gasteiger partial charge in [-0.15, -0.1) is 0 Å². The number of carboxylic acid groups (broad SMARTS) is 1. The fourth-order valence-electron chi connectivity index (χ4n) is 1.58. The molecule has 0 bridgehead atoms. The van der Waals surface area contributed by atoms with Crippen molar-refractivity contribution < 1.29 is 9.90 Å². The Morgan fingerprint density at radius 2 is 2.12 bits per heavy atom. The average molecular weight is 242 g/mol. The first-order valence-electron chi connectivity index (χ1n) is 5.29. The summed E-state index contributed by atoms with van der Waals surface area (Å²) in [5, 5.41) is 12.6. The molecule has 0 fully saturated rings. The molecule has 0 radical (unpaired) electrons. The summed E-state index contributed by atoms with van der Waals surface area (Å²) in [6.45, 7) is 3.75. The van der Waals surface area contributed by atoms with Gasteiger partial charge in [0.2, 0.25) is 0 Å². The van der Waals surface area contributed by atoms with Crippen LogP contribution in [0.25, 0.3) is 0 Å². The van der Waals surface area contributed by atoms with Crippen LogP contribution in [0.5, 0.6) is 0 Å². The largest absolute Gasteiger partial charge is 0.480 e. The minimum absolute atomic E-state index is 0.0743. The van der Waals surface area contributed by atoms with Crippen LogP contribution in [-0.4, -0.2) is 17.1 Å². The number of carboxylic acids is 1. The van der Waals surface area contributed by atoms with Crippen molar-refractivity contribution in [1.29, 1.82) is 0 Å². The molecule has 0 saturated carbocycles. The molecule has 16 heavy (non-hydrogen) atoms. The molecule has 0 aromatic heterocycles. The van der Waals surface area contributed by atoms with Gasteiger partial charge in [0.15, 0.2) is 0 Å². The Labute approximate surface area is 100 Å². The summed E-state index contributed by atoms with van der Waals surface area (Å²) in [6, 6.07) is 6.83. The highest BCUT2D eigenvalue weighted by Crippen LogP contribution is 2.22. The summed E-state index contributed by atoms with van der Waals surface area (Å²) < 4.78 is 0. The highest BCUT2D eigenvalue weighted by Gasteiger charge is 2.18. The van der Waals surface area contributed by atoms with E-state index in [1.165, 1.54) is 0 Å². The SMILES string of the molecule is CCC(N[C@@H](C)c1ccccc1Cl)C(=O)O. The summed E-state index contributed by atoms with van der Waals surface area (Å²) >= 11 is 6.04. The molecule has 2 atom stereocenters. The lowest BCUT2D eigenvalue weighted by molar-refractivity contribution is -0.139. The molecule has 1 rings (SSSR count). The van der Waals surface area contributed by atoms with Crippen LogP contribution < -0.4 is 5.32 Å². The first-order chi connectivity index (χ1) is 7.56. The van der Waals surface area contributed by atoms with E-state index in [1.807, 2.05) is 32.0 Å². The molecule has 0 aliphatic heterocycles. The number of benzene rings is 1. The minimum atomic E-state index is -0.832. The predicted molar refractivity (Wildman–Crippen MR) is 64.7 cm³/mol. The van der Waals surface area contributed by atoms with Crippen LogP contribution in [0.4, 0.5) is 0 Å². The molecule has 88 valence electrons. The third kappa shape index (κ3) is 3.22. The Morgan fingerprint density at radius 1 is 1.50 bits per heavy atom. The molecule has 0 amide bonds. The minimum Gasteiger partial charge on any atom is -0.480 e. The van der Waals surface area contributed by atoms with E-state index in [9.17, 15) is 4.79 Å². The van der Waals surface area contributed by atoms with Gasteiger partial charge in [0.1, 0.15) is 6.04 Å². The second-order valence-corrected chi connectivity index (χ2v) is 4.12. The van der Waals surface area contributed by atoms with Crippen LogP contribution in [0.15, 0.2) is 24.3 Å². The van der Waals surface area contributed by atoms with Crippen molar-refractivity contribution in [3.8, 4) is 0 Å². The number of rotatable bonds is 5. The van der Waals surface area contributed by atoms with Crippen LogP contribution in [-0.2, 0) is 4.79 Å². The molecule has 1 aromatic carbocycles. The molecule has 2 N–H and O–H groups in total. The first kappa shape index (κ1) is 13.0. The third-order valence-electron chi connectivity index (χ3n) is 2.53. The standard InChI is InChI=1S/C12H16ClNO2/c1-3-11(12(15)16)14-8(2)9-6-4-5-7-10(9)13/h4-8,11,14H,3H2,1-2H3,(H,15,16)/t8-,11?/m0/s1. The molecule has 0 aliphatic rings. The smallest absolute Gasteiger partial charge is 0.320 e. The highest BCUT2D eigenvalue weighted by molar-refractivity contribution is 6.31. The predicted octanol–water partition coefficient (Wildman–Crippen LogP) is 2.85. The summed E-state index contributed by atoms with van der Waals surface area (Å²) in [7, 11) is 0. The van der Waals surface area contributed by atoms with Crippen LogP contribution in [0, 0.1) is 0 Å². The normalized spacial score (nSPS) is 14.4. The van der Waals surface area contributed by atoms with E-state index in [0.29, 0.717) is 11.4 Å². The lowest BCUT2D eigenvalue weighted by Crippen LogP contribution is -2.37. The second-order valence-electron chi connectivity index (χ2n) is 3.71. The Bertz CT molecular complexity index is 368. The Balaban J connectivity index is 2.75. The average Bonchev–Trinajstić information content (AvgIpc) is 2.25. The molecule has 0 spiro atoms. The zero-order valence-electron chi connectivity index (χ0n) is 9.40. The van der Waals surface area contributed by atoms with Crippen molar-refractivity contribution >= 4 is 17.6 Å². The van der Waals surface area contributed by atoms with Crippen LogP contribution >= 0.6 is 11.6 Å². The second kappa shape index (κ2) is 5.87. The number of halogens is 1. The number of carbonyl (C=O) groups is 1. The molecule has 0 heterocycles. The van der Waals surface area contributed by atoms with Gasteiger partial charge in [0.05, 0.1) is 0 Å². The first-order valence-corrected chi connectivity index (χ1v) is 5.67. The maximum Gasteiger partial charge on any atom is 0.320 e. The van der Waals surface area contributed by atoms with Gasteiger partial charge >= 0.3 is 5.97 Å². The monoisotopic (exact) mass is 241 g/mol. The van der Waals surface area contributed by atoms with E-state index in [1.54, 1.807) is 6.07 Å². The van der Waals surface area contributed by atoms with E-state index in [2.05, 4.69) is 5.32 Å². The highest BCUT2D eigenvalue weighted by atomic mass is 35.5. The molecular formula is C12H16ClNO2. The van der Waals surface area contributed by atoms with Crippen molar-refractivity contribution in [2.24, 2.45) is 0 Å². The van der Waals surface area contributed by atoms with Gasteiger partial charge < -0.3 is 5.11 Å². The van der Waals surface area contributed by atoms with Gasteiger partial charge in [0, 0.05) is 11.1 Å². The number of hydrogen-bond acceptors (Lipinski definition) is 2. The fraction of sp³-hybridized carbons (Fsp3) is 0.417. The van der Waals surface area contributed by atoms with Crippen molar-refractivity contribution in [1.82, 2.24) is 5.32 Å². The van der Waals surface area contributed by atoms with Gasteiger partial charge in [-0.25, -0.2) is 0 Å². The Kier molecular flexibility index (Phi) is 4.77. The molecule has 3 nitrogen and oxygen atoms in total. The summed E-state index contributed by atoms with van der Waals surface area (Å²) in [5.74, 6) is -0.832. The van der Waals surface area contributed by atoms with Gasteiger partial charge in [-0.3, -0.25) is 10.1 Å². The number of nitrogens with one attached hydrogen (secondary N) is 1. The topological polar surface area (TPSA) is 49.3 Å². The van der Waals surface area contributed by atoms with Crippen LogP contribution in [0.1, 0.15) is 31.9 Å². The van der Waals surface area contributed by atoms with Crippen molar-refractivity contribution in [2.75, 3.05) is 0 Å². The lowest BCUT2D eigenvalue weighted by atomic mass is 10.1. The van der Waals surface area contributed by atoms with Gasteiger partial charge in [-0.1, -0.05) is 36.7 Å². The van der Waals surface area contributed by atoms with Crippen molar-refractivity contribution in [3.63, 3.8) is 0 Å². The molecule has 1 aromatic rings. The van der Waals surface area contributed by atoms with Crippen molar-refractivity contribution in [2.45, 2.75) is 32.4 Å². The maximum atomic E-state index is 10.9. The summed E-state index contributed by atoms with van der Waals surface area (Å²) in [5.41, 5.74) is 0.920. The Morgan fingerprint density at radius 3 is 2.62 bits per heavy atom. The fourth-order valence-corrected chi connectivity index (χ4v) is 1.88. The third-order valence-corrected chi connectivity index (χ3v) is 2.87. The Hall–Kier alpha value is -1.06. The number of aliphatic carboxylic acids is 1. The van der Waals surface area contributed by atoms with E-state index >= 15 is 0 Å². The maximum absolute atomic E-state index is 10.9. The van der Waals surface area contributed by atoms with Crippen molar-refractivity contribution in [3.05, 3.63) is 34.9 Å². The van der Waals surface area contributed by atoms with Gasteiger partial charge in [-0.2, -0.15) is 0 Å². The van der Waals surface area contributed by atoms with Gasteiger partial charge in [-0.05, 0) is 25.0 Å². The van der Waals surface area contributed by atoms with Gasteiger partial charge in [0.25, 0.3) is 0 Å². The van der Waals surface area contributed by atoms with E-state index in [4.69, 9.17) is 16.7 Å². The molecular weight excluding hydrogens is 226 g/mol. The van der Waals surface area contributed by atoms with E-state index < -0.39 is 12.0 Å². The zero-order chi connectivity index (χ0) is 12.1. The van der Waals surface area contributed by atoms with E-state index in [-0.39, 0.29) is 6.04 Å².